The Kier molecular flexibility index (Phi) is 4.52. The first-order valence-electron chi connectivity index (χ1n) is 8.00. The molecule has 1 aliphatic rings. The minimum Gasteiger partial charge on any atom is -0.497 e. The Morgan fingerprint density at radius 3 is 2.92 bits per heavy atom. The smallest absolute Gasteiger partial charge is 0.249 e. The Labute approximate surface area is 145 Å². The molecule has 2 amide bonds. The second kappa shape index (κ2) is 6.77. The summed E-state index contributed by atoms with van der Waals surface area (Å²) < 4.78 is 5.17. The van der Waals surface area contributed by atoms with Crippen molar-refractivity contribution in [2.75, 3.05) is 13.7 Å². The Bertz CT molecular complexity index is 888. The van der Waals surface area contributed by atoms with E-state index in [1.165, 1.54) is 7.11 Å². The third-order valence-electron chi connectivity index (χ3n) is 4.39. The van der Waals surface area contributed by atoms with Gasteiger partial charge in [0.15, 0.2) is 0 Å². The lowest BCUT2D eigenvalue weighted by Gasteiger charge is -2.19. The number of methoxy groups -OCH3 is 1. The van der Waals surface area contributed by atoms with Gasteiger partial charge in [-0.25, -0.2) is 0 Å². The van der Waals surface area contributed by atoms with E-state index in [9.17, 15) is 9.59 Å². The molecule has 1 atom stereocenters. The number of pyridine rings is 1. The van der Waals surface area contributed by atoms with Crippen molar-refractivity contribution >= 4 is 22.7 Å². The van der Waals surface area contributed by atoms with Crippen LogP contribution in [0.4, 0.5) is 0 Å². The molecule has 1 aromatic carbocycles. The molecular weight excluding hydrogens is 320 g/mol. The molecule has 0 aliphatic carbocycles. The number of amides is 2. The van der Waals surface area contributed by atoms with Crippen LogP contribution in [0.3, 0.4) is 0 Å². The summed E-state index contributed by atoms with van der Waals surface area (Å²) in [6.07, 6.45) is 1.54. The summed E-state index contributed by atoms with van der Waals surface area (Å²) >= 11 is 0. The molecule has 1 aromatic heterocycles. The number of fused-ring (bicyclic) bond motifs is 1. The van der Waals surface area contributed by atoms with E-state index in [0.29, 0.717) is 40.9 Å². The van der Waals surface area contributed by atoms with Crippen molar-refractivity contribution in [2.45, 2.75) is 25.3 Å². The van der Waals surface area contributed by atoms with Crippen molar-refractivity contribution in [2.24, 2.45) is 5.73 Å². The fourth-order valence-electron chi connectivity index (χ4n) is 3.14. The number of ether oxygens (including phenoxy) is 1. The second-order valence-electron chi connectivity index (χ2n) is 5.96. The van der Waals surface area contributed by atoms with Gasteiger partial charge in [-0.1, -0.05) is 0 Å². The number of nitriles is 1. The van der Waals surface area contributed by atoms with Crippen LogP contribution in [-0.4, -0.2) is 41.4 Å². The van der Waals surface area contributed by atoms with Crippen LogP contribution in [-0.2, 0) is 11.2 Å². The molecule has 2 heterocycles. The molecule has 1 fully saturated rings. The summed E-state index contributed by atoms with van der Waals surface area (Å²) in [6, 6.07) is 8.46. The molecule has 128 valence electrons. The number of carbonyl (C=O) groups is 2. The number of likely N-dealkylation sites (tertiary alicyclic amines) is 1. The maximum atomic E-state index is 12.5. The normalized spacial score (nSPS) is 16.6. The minimum atomic E-state index is -0.592. The molecule has 7 heteroatoms. The zero-order chi connectivity index (χ0) is 18.0. The molecule has 7 nitrogen and oxygen atoms in total. The molecular formula is C18H18N4O3. The number of hydrogen-bond acceptors (Lipinski definition) is 5. The van der Waals surface area contributed by atoms with Crippen molar-refractivity contribution in [1.29, 1.82) is 5.26 Å². The largest absolute Gasteiger partial charge is 0.497 e. The quantitative estimate of drug-likeness (QED) is 0.906. The van der Waals surface area contributed by atoms with Gasteiger partial charge < -0.3 is 15.4 Å². The molecule has 0 bridgehead atoms. The van der Waals surface area contributed by atoms with E-state index in [0.717, 1.165) is 6.42 Å². The molecule has 1 unspecified atom stereocenters. The molecule has 25 heavy (non-hydrogen) atoms. The predicted molar refractivity (Wildman–Crippen MR) is 90.9 cm³/mol. The van der Waals surface area contributed by atoms with E-state index < -0.39 is 5.91 Å². The van der Waals surface area contributed by atoms with Crippen molar-refractivity contribution in [3.63, 3.8) is 0 Å². The molecule has 0 spiro atoms. The predicted octanol–water partition coefficient (Wildman–Crippen LogP) is 1.40. The van der Waals surface area contributed by atoms with E-state index in [2.05, 4.69) is 11.1 Å². The van der Waals surface area contributed by atoms with Crippen LogP contribution in [0.5, 0.6) is 5.75 Å². The fourth-order valence-corrected chi connectivity index (χ4v) is 3.14. The Balaban J connectivity index is 1.96. The molecule has 2 aromatic rings. The van der Waals surface area contributed by atoms with Gasteiger partial charge in [-0.2, -0.15) is 5.26 Å². The molecule has 1 aliphatic heterocycles. The minimum absolute atomic E-state index is 0.0282. The number of rotatable bonds is 4. The molecule has 1 saturated heterocycles. The molecule has 2 N–H and O–H groups in total. The summed E-state index contributed by atoms with van der Waals surface area (Å²) in [5.74, 6) is -0.167. The maximum absolute atomic E-state index is 12.5. The van der Waals surface area contributed by atoms with Crippen LogP contribution in [0, 0.1) is 11.3 Å². The lowest BCUT2D eigenvalue weighted by Crippen LogP contribution is -2.35. The SMILES string of the molecule is COc1ccc2nc(CC(=O)N3CCCC3C#N)cc(C(N)=O)c2c1. The monoisotopic (exact) mass is 338 g/mol. The van der Waals surface area contributed by atoms with Gasteiger partial charge in [-0.05, 0) is 37.1 Å². The van der Waals surface area contributed by atoms with Gasteiger partial charge in [0.05, 0.1) is 36.4 Å². The molecule has 3 rings (SSSR count). The number of benzene rings is 1. The maximum Gasteiger partial charge on any atom is 0.249 e. The average Bonchev–Trinajstić information content (AvgIpc) is 3.09. The van der Waals surface area contributed by atoms with E-state index >= 15 is 0 Å². The van der Waals surface area contributed by atoms with Crippen molar-refractivity contribution in [3.05, 3.63) is 35.5 Å². The van der Waals surface area contributed by atoms with E-state index in [4.69, 9.17) is 15.7 Å². The second-order valence-corrected chi connectivity index (χ2v) is 5.96. The van der Waals surface area contributed by atoms with Gasteiger partial charge in [0.1, 0.15) is 11.8 Å². The highest BCUT2D eigenvalue weighted by Gasteiger charge is 2.28. The van der Waals surface area contributed by atoms with Crippen LogP contribution >= 0.6 is 0 Å². The summed E-state index contributed by atoms with van der Waals surface area (Å²) in [5, 5.41) is 9.71. The Hall–Kier alpha value is -3.14. The Morgan fingerprint density at radius 1 is 1.44 bits per heavy atom. The van der Waals surface area contributed by atoms with Crippen LogP contribution in [0.15, 0.2) is 24.3 Å². The summed E-state index contributed by atoms with van der Waals surface area (Å²) in [6.45, 7) is 0.574. The highest BCUT2D eigenvalue weighted by atomic mass is 16.5. The highest BCUT2D eigenvalue weighted by Crippen LogP contribution is 2.24. The molecule has 0 radical (unpaired) electrons. The van der Waals surface area contributed by atoms with Gasteiger partial charge >= 0.3 is 0 Å². The lowest BCUT2D eigenvalue weighted by molar-refractivity contribution is -0.130. The zero-order valence-corrected chi connectivity index (χ0v) is 13.9. The highest BCUT2D eigenvalue weighted by molar-refractivity contribution is 6.06. The van der Waals surface area contributed by atoms with Gasteiger partial charge in [0, 0.05) is 11.9 Å². The summed E-state index contributed by atoms with van der Waals surface area (Å²) in [5.41, 5.74) is 6.81. The average molecular weight is 338 g/mol. The van der Waals surface area contributed by atoms with Crippen molar-refractivity contribution in [3.8, 4) is 11.8 Å². The van der Waals surface area contributed by atoms with Crippen molar-refractivity contribution < 1.29 is 14.3 Å². The van der Waals surface area contributed by atoms with Crippen LogP contribution in [0.25, 0.3) is 10.9 Å². The first kappa shape index (κ1) is 16.7. The van der Waals surface area contributed by atoms with Gasteiger partial charge in [0.25, 0.3) is 0 Å². The van der Waals surface area contributed by atoms with Crippen LogP contribution in [0.2, 0.25) is 0 Å². The lowest BCUT2D eigenvalue weighted by atomic mass is 10.1. The van der Waals surface area contributed by atoms with Gasteiger partial charge in [-0.3, -0.25) is 14.6 Å². The van der Waals surface area contributed by atoms with E-state index in [1.807, 2.05) is 0 Å². The number of carbonyl (C=O) groups excluding carboxylic acids is 2. The fraction of sp³-hybridized carbons (Fsp3) is 0.333. The van der Waals surface area contributed by atoms with Crippen LogP contribution in [0.1, 0.15) is 28.9 Å². The summed E-state index contributed by atoms with van der Waals surface area (Å²) in [7, 11) is 1.53. The third kappa shape index (κ3) is 3.24. The van der Waals surface area contributed by atoms with Gasteiger partial charge in [-0.15, -0.1) is 0 Å². The zero-order valence-electron chi connectivity index (χ0n) is 13.9. The van der Waals surface area contributed by atoms with Crippen LogP contribution < -0.4 is 10.5 Å². The third-order valence-corrected chi connectivity index (χ3v) is 4.39. The van der Waals surface area contributed by atoms with Crippen molar-refractivity contribution in [1.82, 2.24) is 9.88 Å². The number of nitrogens with two attached hydrogens (primary N) is 1. The van der Waals surface area contributed by atoms with Gasteiger partial charge in [0.2, 0.25) is 11.8 Å². The summed E-state index contributed by atoms with van der Waals surface area (Å²) in [4.78, 5) is 30.4. The van der Waals surface area contributed by atoms with E-state index in [1.54, 1.807) is 29.2 Å². The molecule has 0 saturated carbocycles. The topological polar surface area (TPSA) is 109 Å². The number of nitrogens with zero attached hydrogens (tertiary/aromatic N) is 3. The first-order chi connectivity index (χ1) is 12.0. The number of aromatic nitrogens is 1. The Morgan fingerprint density at radius 2 is 2.24 bits per heavy atom. The number of primary amides is 1. The standard InChI is InChI=1S/C18H18N4O3/c1-25-13-4-5-16-14(9-13)15(18(20)24)7-11(21-16)8-17(23)22-6-2-3-12(22)10-19/h4-5,7,9,12H,2-3,6,8H2,1H3,(H2,20,24). The first-order valence-corrected chi connectivity index (χ1v) is 8.00. The number of hydrogen-bond donors (Lipinski definition) is 1. The van der Waals surface area contributed by atoms with E-state index in [-0.39, 0.29) is 18.4 Å².